The molecule has 0 atom stereocenters. The number of rotatable bonds is 4. The molecule has 1 N–H and O–H groups in total. The second-order valence-electron chi connectivity index (χ2n) is 5.35. The van der Waals surface area contributed by atoms with Crippen molar-refractivity contribution in [3.05, 3.63) is 52.5 Å². The van der Waals surface area contributed by atoms with Crippen LogP contribution in [0.25, 0.3) is 0 Å². The molecule has 0 aromatic heterocycles. The number of sulfonamides is 1. The predicted octanol–water partition coefficient (Wildman–Crippen LogP) is 3.92. The van der Waals surface area contributed by atoms with Crippen molar-refractivity contribution in [2.24, 2.45) is 0 Å². The second kappa shape index (κ2) is 6.63. The van der Waals surface area contributed by atoms with Gasteiger partial charge in [0, 0.05) is 13.0 Å². The van der Waals surface area contributed by atoms with E-state index in [0.29, 0.717) is 24.3 Å². The maximum atomic E-state index is 12.6. The SMILES string of the molecule is O=C1CCCN1c1ccccc1NS(=O)(=O)c1ccc(Cl)c(Cl)c1. The van der Waals surface area contributed by atoms with Crippen molar-refractivity contribution in [3.8, 4) is 0 Å². The van der Waals surface area contributed by atoms with Crippen LogP contribution in [0.15, 0.2) is 47.4 Å². The highest BCUT2D eigenvalue weighted by Crippen LogP contribution is 2.32. The number of nitrogens with one attached hydrogen (secondary N) is 1. The zero-order valence-corrected chi connectivity index (χ0v) is 14.8. The van der Waals surface area contributed by atoms with Crippen molar-refractivity contribution in [1.29, 1.82) is 0 Å². The summed E-state index contributed by atoms with van der Waals surface area (Å²) in [4.78, 5) is 13.6. The Balaban J connectivity index is 1.96. The lowest BCUT2D eigenvalue weighted by Gasteiger charge is -2.20. The van der Waals surface area contributed by atoms with Crippen LogP contribution in [-0.4, -0.2) is 20.9 Å². The lowest BCUT2D eigenvalue weighted by atomic mass is 10.2. The molecule has 0 bridgehead atoms. The van der Waals surface area contributed by atoms with E-state index in [4.69, 9.17) is 23.2 Å². The number of hydrogen-bond acceptors (Lipinski definition) is 3. The summed E-state index contributed by atoms with van der Waals surface area (Å²) < 4.78 is 27.7. The molecule has 0 aliphatic carbocycles. The van der Waals surface area contributed by atoms with Crippen molar-refractivity contribution >= 4 is 50.5 Å². The molecule has 2 aromatic carbocycles. The molecule has 0 saturated carbocycles. The number of amides is 1. The molecule has 0 spiro atoms. The van der Waals surface area contributed by atoms with Gasteiger partial charge in [-0.2, -0.15) is 0 Å². The fourth-order valence-electron chi connectivity index (χ4n) is 2.55. The first-order valence-corrected chi connectivity index (χ1v) is 9.50. The van der Waals surface area contributed by atoms with Crippen LogP contribution in [0.3, 0.4) is 0 Å². The fourth-order valence-corrected chi connectivity index (χ4v) is 4.01. The Morgan fingerprint density at radius 1 is 1.04 bits per heavy atom. The lowest BCUT2D eigenvalue weighted by molar-refractivity contribution is -0.117. The number of benzene rings is 2. The van der Waals surface area contributed by atoms with E-state index < -0.39 is 10.0 Å². The van der Waals surface area contributed by atoms with Gasteiger partial charge in [0.15, 0.2) is 0 Å². The van der Waals surface area contributed by atoms with Crippen LogP contribution in [0.4, 0.5) is 11.4 Å². The van der Waals surface area contributed by atoms with Crippen molar-refractivity contribution in [1.82, 2.24) is 0 Å². The van der Waals surface area contributed by atoms with Crippen LogP contribution >= 0.6 is 23.2 Å². The summed E-state index contributed by atoms with van der Waals surface area (Å²) in [6.07, 6.45) is 1.22. The van der Waals surface area contributed by atoms with Gasteiger partial charge in [-0.05, 0) is 36.8 Å². The van der Waals surface area contributed by atoms with Gasteiger partial charge in [0.05, 0.1) is 26.3 Å². The van der Waals surface area contributed by atoms with E-state index in [1.54, 1.807) is 29.2 Å². The van der Waals surface area contributed by atoms with E-state index in [0.717, 1.165) is 6.42 Å². The number of carbonyl (C=O) groups is 1. The van der Waals surface area contributed by atoms with Gasteiger partial charge in [-0.15, -0.1) is 0 Å². The number of para-hydroxylation sites is 2. The topological polar surface area (TPSA) is 66.5 Å². The third-order valence-corrected chi connectivity index (χ3v) is 5.82. The van der Waals surface area contributed by atoms with Gasteiger partial charge in [0.1, 0.15) is 0 Å². The molecule has 3 rings (SSSR count). The maximum absolute atomic E-state index is 12.6. The Labute approximate surface area is 150 Å². The minimum atomic E-state index is -3.85. The van der Waals surface area contributed by atoms with E-state index in [1.165, 1.54) is 18.2 Å². The molecule has 126 valence electrons. The lowest BCUT2D eigenvalue weighted by Crippen LogP contribution is -2.25. The van der Waals surface area contributed by atoms with Crippen LogP contribution in [0.2, 0.25) is 10.0 Å². The summed E-state index contributed by atoms with van der Waals surface area (Å²) >= 11 is 11.7. The van der Waals surface area contributed by atoms with Gasteiger partial charge in [-0.1, -0.05) is 35.3 Å². The fraction of sp³-hybridized carbons (Fsp3) is 0.188. The highest BCUT2D eigenvalue weighted by molar-refractivity contribution is 7.92. The zero-order valence-electron chi connectivity index (χ0n) is 12.5. The molecular weight excluding hydrogens is 371 g/mol. The van der Waals surface area contributed by atoms with Crippen molar-refractivity contribution in [2.75, 3.05) is 16.2 Å². The Morgan fingerprint density at radius 2 is 1.79 bits per heavy atom. The third kappa shape index (κ3) is 3.36. The van der Waals surface area contributed by atoms with E-state index in [-0.39, 0.29) is 20.8 Å². The number of hydrogen-bond donors (Lipinski definition) is 1. The highest BCUT2D eigenvalue weighted by atomic mass is 35.5. The normalized spacial score (nSPS) is 14.9. The Bertz CT molecular complexity index is 900. The monoisotopic (exact) mass is 384 g/mol. The van der Waals surface area contributed by atoms with E-state index in [9.17, 15) is 13.2 Å². The van der Waals surface area contributed by atoms with Crippen molar-refractivity contribution in [2.45, 2.75) is 17.7 Å². The molecule has 5 nitrogen and oxygen atoms in total. The van der Waals surface area contributed by atoms with Crippen molar-refractivity contribution < 1.29 is 13.2 Å². The first-order valence-electron chi connectivity index (χ1n) is 7.26. The number of nitrogens with zero attached hydrogens (tertiary/aromatic N) is 1. The molecule has 1 aliphatic heterocycles. The average Bonchev–Trinajstić information content (AvgIpc) is 2.96. The summed E-state index contributed by atoms with van der Waals surface area (Å²) in [5.41, 5.74) is 0.891. The predicted molar refractivity (Wildman–Crippen MR) is 95.3 cm³/mol. The molecule has 1 amide bonds. The van der Waals surface area contributed by atoms with Gasteiger partial charge in [-0.3, -0.25) is 9.52 Å². The van der Waals surface area contributed by atoms with Crippen molar-refractivity contribution in [3.63, 3.8) is 0 Å². The average molecular weight is 385 g/mol. The minimum absolute atomic E-state index is 0.000508. The maximum Gasteiger partial charge on any atom is 0.262 e. The van der Waals surface area contributed by atoms with Gasteiger partial charge in [-0.25, -0.2) is 8.42 Å². The third-order valence-electron chi connectivity index (χ3n) is 3.71. The van der Waals surface area contributed by atoms with E-state index in [1.807, 2.05) is 0 Å². The molecular formula is C16H14Cl2N2O3S. The van der Waals surface area contributed by atoms with E-state index >= 15 is 0 Å². The summed E-state index contributed by atoms with van der Waals surface area (Å²) in [6, 6.07) is 10.9. The second-order valence-corrected chi connectivity index (χ2v) is 7.84. The molecule has 1 aliphatic rings. The molecule has 2 aromatic rings. The summed E-state index contributed by atoms with van der Waals surface area (Å²) in [5, 5.41) is 0.432. The largest absolute Gasteiger partial charge is 0.310 e. The van der Waals surface area contributed by atoms with E-state index in [2.05, 4.69) is 4.72 Å². The smallest absolute Gasteiger partial charge is 0.262 e. The summed E-state index contributed by atoms with van der Waals surface area (Å²) in [5.74, 6) is -0.0174. The molecule has 0 radical (unpaired) electrons. The molecule has 8 heteroatoms. The molecule has 1 fully saturated rings. The quantitative estimate of drug-likeness (QED) is 0.868. The van der Waals surface area contributed by atoms with Gasteiger partial charge in [0.2, 0.25) is 5.91 Å². The first kappa shape index (κ1) is 17.1. The molecule has 24 heavy (non-hydrogen) atoms. The van der Waals surface area contributed by atoms with Crippen LogP contribution in [0.5, 0.6) is 0 Å². The Hall–Kier alpha value is -1.76. The minimum Gasteiger partial charge on any atom is -0.310 e. The zero-order chi connectivity index (χ0) is 17.3. The van der Waals surface area contributed by atoms with Crippen LogP contribution in [0, 0.1) is 0 Å². The number of halogens is 2. The first-order chi connectivity index (χ1) is 11.4. The summed E-state index contributed by atoms with van der Waals surface area (Å²) in [7, 11) is -3.85. The van der Waals surface area contributed by atoms with Gasteiger partial charge < -0.3 is 4.90 Å². The van der Waals surface area contributed by atoms with Crippen LogP contribution < -0.4 is 9.62 Å². The number of carbonyl (C=O) groups excluding carboxylic acids is 1. The molecule has 0 unspecified atom stereocenters. The molecule has 1 heterocycles. The summed E-state index contributed by atoms with van der Waals surface area (Å²) in [6.45, 7) is 0.574. The number of anilines is 2. The van der Waals surface area contributed by atoms with Gasteiger partial charge >= 0.3 is 0 Å². The van der Waals surface area contributed by atoms with Gasteiger partial charge in [0.25, 0.3) is 10.0 Å². The van der Waals surface area contributed by atoms with Crippen LogP contribution in [-0.2, 0) is 14.8 Å². The standard InChI is InChI=1S/C16H14Cl2N2O3S/c17-12-8-7-11(10-13(12)18)24(22,23)19-14-4-1-2-5-15(14)20-9-3-6-16(20)21/h1-2,4-5,7-8,10,19H,3,6,9H2. The highest BCUT2D eigenvalue weighted by Gasteiger charge is 2.25. The molecule has 1 saturated heterocycles. The van der Waals surface area contributed by atoms with Crippen LogP contribution in [0.1, 0.15) is 12.8 Å². The Kier molecular flexibility index (Phi) is 4.71. The Morgan fingerprint density at radius 3 is 2.46 bits per heavy atom.